The molecule has 0 spiro atoms. The number of thiazole rings is 1. The summed E-state index contributed by atoms with van der Waals surface area (Å²) in [5, 5.41) is 3.88. The Morgan fingerprint density at radius 3 is 2.63 bits per heavy atom. The molecular formula is C45H53N5O7S2. The van der Waals surface area contributed by atoms with E-state index >= 15 is 0 Å². The molecule has 0 unspecified atom stereocenters. The molecule has 312 valence electrons. The van der Waals surface area contributed by atoms with E-state index in [0.717, 1.165) is 64.2 Å². The van der Waals surface area contributed by atoms with Crippen molar-refractivity contribution in [1.29, 1.82) is 0 Å². The third kappa shape index (κ3) is 8.66. The molecule has 1 aromatic carbocycles. The number of nitrogens with zero attached hydrogens (tertiary/aromatic N) is 4. The van der Waals surface area contributed by atoms with Crippen LogP contribution in [0, 0.1) is 24.2 Å². The molecule has 4 aliphatic rings. The van der Waals surface area contributed by atoms with Gasteiger partial charge in [0.2, 0.25) is 27.7 Å². The molecule has 2 aliphatic heterocycles. The number of fused-ring (bicyclic) bond motifs is 3. The molecule has 0 radical (unpaired) electrons. The number of methoxy groups -OCH3 is 1. The second-order valence-corrected chi connectivity index (χ2v) is 19.9. The Morgan fingerprint density at radius 1 is 1.07 bits per heavy atom. The Kier molecular flexibility index (Phi) is 11.7. The zero-order chi connectivity index (χ0) is 41.5. The first kappa shape index (κ1) is 41.1. The fourth-order valence-electron chi connectivity index (χ4n) is 8.76. The fourth-order valence-corrected chi connectivity index (χ4v) is 11.1. The molecule has 59 heavy (non-hydrogen) atoms. The van der Waals surface area contributed by atoms with Crippen molar-refractivity contribution in [3.63, 3.8) is 0 Å². The van der Waals surface area contributed by atoms with Crippen LogP contribution in [-0.4, -0.2) is 76.9 Å². The van der Waals surface area contributed by atoms with Crippen LogP contribution in [-0.2, 0) is 30.8 Å². The van der Waals surface area contributed by atoms with Gasteiger partial charge in [0.1, 0.15) is 22.6 Å². The van der Waals surface area contributed by atoms with Crippen LogP contribution >= 0.6 is 11.3 Å². The predicted molar refractivity (Wildman–Crippen MR) is 227 cm³/mol. The van der Waals surface area contributed by atoms with E-state index in [1.807, 2.05) is 54.8 Å². The van der Waals surface area contributed by atoms with Gasteiger partial charge in [-0.25, -0.2) is 18.4 Å². The monoisotopic (exact) mass is 839 g/mol. The molecule has 2 amide bonds. The lowest BCUT2D eigenvalue weighted by atomic mass is 9.90. The molecule has 3 aromatic heterocycles. The number of aromatic nitrogens is 3. The highest BCUT2D eigenvalue weighted by Crippen LogP contribution is 2.57. The SMILES string of the molecule is COc1ccc2c(O[C@@H]3C[C@H]4C(=O)C[C@]5(C(=O)NS(=O)(=O)C6CC6)C[C@@H]5/C=C\CCCCC[C@H](Cc5ccccn5)C(=O)N4C3)nc(-c3nc(C(C)C)cs3)cc2c1C. The van der Waals surface area contributed by atoms with Gasteiger partial charge in [0, 0.05) is 47.8 Å². The quantitative estimate of drug-likeness (QED) is 0.159. The Hall–Kier alpha value is -4.69. The molecule has 8 rings (SSSR count). The van der Waals surface area contributed by atoms with Crippen LogP contribution < -0.4 is 14.2 Å². The highest BCUT2D eigenvalue weighted by molar-refractivity contribution is 7.90. The maximum absolute atomic E-state index is 14.9. The Bertz CT molecular complexity index is 2380. The summed E-state index contributed by atoms with van der Waals surface area (Å²) in [5.41, 5.74) is 2.14. The van der Waals surface area contributed by atoms with Crippen molar-refractivity contribution < 1.29 is 32.3 Å². The molecule has 3 fully saturated rings. The lowest BCUT2D eigenvalue weighted by molar-refractivity contribution is -0.142. The predicted octanol–water partition coefficient (Wildman–Crippen LogP) is 7.50. The number of carbonyl (C=O) groups is 3. The maximum Gasteiger partial charge on any atom is 0.240 e. The van der Waals surface area contributed by atoms with Crippen molar-refractivity contribution in [1.82, 2.24) is 24.6 Å². The second kappa shape index (κ2) is 16.8. The van der Waals surface area contributed by atoms with Crippen LogP contribution in [0.3, 0.4) is 0 Å². The molecule has 5 heterocycles. The van der Waals surface area contributed by atoms with E-state index in [2.05, 4.69) is 29.6 Å². The first-order valence-corrected chi connectivity index (χ1v) is 23.4. The summed E-state index contributed by atoms with van der Waals surface area (Å²) in [6, 6.07) is 10.6. The molecular weight excluding hydrogens is 787 g/mol. The number of ketones is 1. The molecule has 4 aromatic rings. The number of allylic oxidation sites excluding steroid dienone is 2. The van der Waals surface area contributed by atoms with E-state index in [-0.39, 0.29) is 42.9 Å². The Balaban J connectivity index is 1.15. The van der Waals surface area contributed by atoms with Crippen molar-refractivity contribution >= 4 is 49.7 Å². The minimum Gasteiger partial charge on any atom is -0.496 e. The molecule has 1 N–H and O–H groups in total. The van der Waals surface area contributed by atoms with Crippen LogP contribution in [0.15, 0.2) is 60.1 Å². The van der Waals surface area contributed by atoms with Crippen molar-refractivity contribution in [3.8, 4) is 22.3 Å². The average molecular weight is 840 g/mol. The van der Waals surface area contributed by atoms with Crippen LogP contribution in [0.1, 0.15) is 101 Å². The maximum atomic E-state index is 14.9. The number of ether oxygens (including phenoxy) is 2. The average Bonchev–Trinajstić information content (AvgIpc) is 4.09. The van der Waals surface area contributed by atoms with E-state index < -0.39 is 44.7 Å². The number of sulfonamides is 1. The summed E-state index contributed by atoms with van der Waals surface area (Å²) in [4.78, 5) is 59.7. The summed E-state index contributed by atoms with van der Waals surface area (Å²) < 4.78 is 40.8. The number of nitrogens with one attached hydrogen (secondary N) is 1. The molecule has 2 aliphatic carbocycles. The number of Topliss-reactive ketones (excluding diaryl/α,β-unsaturated/α-hetero) is 1. The van der Waals surface area contributed by atoms with E-state index in [1.54, 1.807) is 18.2 Å². The summed E-state index contributed by atoms with van der Waals surface area (Å²) in [6.45, 7) is 6.33. The Morgan fingerprint density at radius 2 is 1.90 bits per heavy atom. The standard InChI is InChI=1S/C45H53N5O7S2/c1-27(2)37-26-58-42(48-37)36-22-35-28(3)40(56-4)18-17-34(35)41(47-36)57-32-21-38-39(51)24-45(44(53)49-59(54,55)33-15-16-33)23-30(45)13-9-7-5-6-8-12-29(43(52)50(38)25-32)20-31-14-10-11-19-46-31/h9-11,13-14,17-19,22,26-27,29-30,32-33,38H,5-8,12,15-16,20-21,23-25H2,1-4H3,(H,49,53)/b13-9-/t29-,30+,32-,38+,45-/m1/s1. The lowest BCUT2D eigenvalue weighted by Crippen LogP contribution is -2.46. The molecule has 12 nitrogen and oxygen atoms in total. The third-order valence-electron chi connectivity index (χ3n) is 12.5. The first-order chi connectivity index (χ1) is 28.4. The summed E-state index contributed by atoms with van der Waals surface area (Å²) in [6.07, 6.45) is 11.1. The molecule has 2 saturated carbocycles. The third-order valence-corrected chi connectivity index (χ3v) is 15.2. The smallest absolute Gasteiger partial charge is 0.240 e. The van der Waals surface area contributed by atoms with Gasteiger partial charge in [-0.1, -0.05) is 44.9 Å². The molecule has 0 bridgehead atoms. The van der Waals surface area contributed by atoms with Gasteiger partial charge in [-0.2, -0.15) is 0 Å². The van der Waals surface area contributed by atoms with Gasteiger partial charge in [0.25, 0.3) is 0 Å². The van der Waals surface area contributed by atoms with E-state index in [1.165, 1.54) is 11.3 Å². The van der Waals surface area contributed by atoms with Crippen LogP contribution in [0.25, 0.3) is 21.5 Å². The van der Waals surface area contributed by atoms with Crippen molar-refractivity contribution in [3.05, 3.63) is 77.1 Å². The second-order valence-electron chi connectivity index (χ2n) is 17.1. The topological polar surface area (TPSA) is 158 Å². The van der Waals surface area contributed by atoms with Crippen LogP contribution in [0.4, 0.5) is 0 Å². The number of hydrogen-bond donors (Lipinski definition) is 1. The van der Waals surface area contributed by atoms with Crippen molar-refractivity contribution in [2.45, 2.75) is 115 Å². The van der Waals surface area contributed by atoms with E-state index in [0.29, 0.717) is 43.7 Å². The zero-order valence-corrected chi connectivity index (χ0v) is 35.8. The van der Waals surface area contributed by atoms with Gasteiger partial charge in [-0.05, 0) is 98.6 Å². The van der Waals surface area contributed by atoms with Crippen LogP contribution in [0.2, 0.25) is 0 Å². The summed E-state index contributed by atoms with van der Waals surface area (Å²) in [7, 11) is -2.20. The minimum atomic E-state index is -3.83. The summed E-state index contributed by atoms with van der Waals surface area (Å²) >= 11 is 1.52. The number of rotatable bonds is 10. The number of benzene rings is 1. The van der Waals surface area contributed by atoms with Gasteiger partial charge in [0.15, 0.2) is 5.78 Å². The van der Waals surface area contributed by atoms with E-state index in [4.69, 9.17) is 19.4 Å². The number of pyridine rings is 2. The van der Waals surface area contributed by atoms with Gasteiger partial charge >= 0.3 is 0 Å². The van der Waals surface area contributed by atoms with Crippen molar-refractivity contribution in [2.75, 3.05) is 13.7 Å². The Labute approximate surface area is 350 Å². The normalized spacial score (nSPS) is 25.8. The zero-order valence-electron chi connectivity index (χ0n) is 34.2. The highest BCUT2D eigenvalue weighted by Gasteiger charge is 2.61. The molecule has 5 atom stereocenters. The number of hydrogen-bond acceptors (Lipinski definition) is 11. The largest absolute Gasteiger partial charge is 0.496 e. The van der Waals surface area contributed by atoms with Gasteiger partial charge in [0.05, 0.1) is 36.1 Å². The van der Waals surface area contributed by atoms with Crippen LogP contribution in [0.5, 0.6) is 11.6 Å². The highest BCUT2D eigenvalue weighted by atomic mass is 32.2. The summed E-state index contributed by atoms with van der Waals surface area (Å²) in [5.74, 6) is -0.416. The lowest BCUT2D eigenvalue weighted by Gasteiger charge is -2.29. The van der Waals surface area contributed by atoms with E-state index in [9.17, 15) is 22.8 Å². The fraction of sp³-hybridized carbons (Fsp3) is 0.511. The molecule has 1 saturated heterocycles. The first-order valence-electron chi connectivity index (χ1n) is 20.9. The minimum absolute atomic E-state index is 0.143. The molecule has 14 heteroatoms. The number of carbonyl (C=O) groups excluding carboxylic acids is 3. The van der Waals surface area contributed by atoms with Gasteiger partial charge < -0.3 is 14.4 Å². The van der Waals surface area contributed by atoms with Crippen molar-refractivity contribution in [2.24, 2.45) is 17.3 Å². The number of aryl methyl sites for hydroxylation is 1. The van der Waals surface area contributed by atoms with Gasteiger partial charge in [-0.3, -0.25) is 24.1 Å². The number of amides is 2. The van der Waals surface area contributed by atoms with Gasteiger partial charge in [-0.15, -0.1) is 11.3 Å².